The lowest BCUT2D eigenvalue weighted by Crippen LogP contribution is -2.18. The third-order valence-corrected chi connectivity index (χ3v) is 4.15. The van der Waals surface area contributed by atoms with E-state index < -0.39 is 17.9 Å². The first-order valence-electron chi connectivity index (χ1n) is 7.79. The SMILES string of the molecule is CC(C(=O)O)n1ccc(C(=O)Nc2cnn(Cc3ccccc3Cl)c2)n1. The molecule has 0 saturated carbocycles. The van der Waals surface area contributed by atoms with Crippen molar-refractivity contribution in [1.29, 1.82) is 0 Å². The molecule has 3 aromatic rings. The highest BCUT2D eigenvalue weighted by Gasteiger charge is 2.17. The Bertz CT molecular complexity index is 949. The maximum atomic E-state index is 12.2. The summed E-state index contributed by atoms with van der Waals surface area (Å²) in [7, 11) is 0. The number of aromatic nitrogens is 4. The van der Waals surface area contributed by atoms with Crippen LogP contribution in [0, 0.1) is 0 Å². The Labute approximate surface area is 154 Å². The number of nitrogens with zero attached hydrogens (tertiary/aromatic N) is 4. The zero-order chi connectivity index (χ0) is 18.7. The summed E-state index contributed by atoms with van der Waals surface area (Å²) in [5.74, 6) is -1.47. The summed E-state index contributed by atoms with van der Waals surface area (Å²) >= 11 is 6.13. The number of carbonyl (C=O) groups is 2. The van der Waals surface area contributed by atoms with Gasteiger partial charge in [-0.15, -0.1) is 0 Å². The highest BCUT2D eigenvalue weighted by atomic mass is 35.5. The quantitative estimate of drug-likeness (QED) is 0.691. The van der Waals surface area contributed by atoms with E-state index in [9.17, 15) is 9.59 Å². The molecule has 0 fully saturated rings. The molecule has 1 atom stereocenters. The minimum atomic E-state index is -1.03. The number of carboxylic acids is 1. The van der Waals surface area contributed by atoms with E-state index >= 15 is 0 Å². The minimum Gasteiger partial charge on any atom is -0.480 e. The molecular formula is C17H16ClN5O3. The zero-order valence-electron chi connectivity index (χ0n) is 13.8. The van der Waals surface area contributed by atoms with Crippen molar-refractivity contribution in [3.8, 4) is 0 Å². The Morgan fingerprint density at radius 3 is 2.81 bits per heavy atom. The van der Waals surface area contributed by atoms with Gasteiger partial charge in [0.25, 0.3) is 5.91 Å². The van der Waals surface area contributed by atoms with Crippen molar-refractivity contribution < 1.29 is 14.7 Å². The minimum absolute atomic E-state index is 0.122. The summed E-state index contributed by atoms with van der Waals surface area (Å²) < 4.78 is 2.88. The number of nitrogens with one attached hydrogen (secondary N) is 1. The third kappa shape index (κ3) is 3.92. The number of hydrogen-bond acceptors (Lipinski definition) is 4. The Balaban J connectivity index is 1.66. The fraction of sp³-hybridized carbons (Fsp3) is 0.176. The summed E-state index contributed by atoms with van der Waals surface area (Å²) in [4.78, 5) is 23.2. The second-order valence-corrected chi connectivity index (χ2v) is 6.07. The molecule has 0 bridgehead atoms. The molecule has 8 nitrogen and oxygen atoms in total. The van der Waals surface area contributed by atoms with E-state index in [1.54, 1.807) is 16.9 Å². The average Bonchev–Trinajstić information content (AvgIpc) is 3.26. The van der Waals surface area contributed by atoms with E-state index in [-0.39, 0.29) is 5.69 Å². The average molecular weight is 374 g/mol. The summed E-state index contributed by atoms with van der Waals surface area (Å²) in [5.41, 5.74) is 1.54. The predicted octanol–water partition coefficient (Wildman–Crippen LogP) is 2.68. The number of carbonyl (C=O) groups excluding carboxylic acids is 1. The number of hydrogen-bond donors (Lipinski definition) is 2. The molecule has 0 saturated heterocycles. The maximum absolute atomic E-state index is 12.2. The molecule has 134 valence electrons. The molecule has 3 rings (SSSR count). The monoisotopic (exact) mass is 373 g/mol. The fourth-order valence-electron chi connectivity index (χ4n) is 2.30. The van der Waals surface area contributed by atoms with Gasteiger partial charge >= 0.3 is 5.97 Å². The molecular weight excluding hydrogens is 358 g/mol. The molecule has 0 aliphatic carbocycles. The Kier molecular flexibility index (Phi) is 5.04. The van der Waals surface area contributed by atoms with Gasteiger partial charge < -0.3 is 10.4 Å². The topological polar surface area (TPSA) is 102 Å². The number of benzene rings is 1. The van der Waals surface area contributed by atoms with Crippen LogP contribution in [0.1, 0.15) is 29.0 Å². The summed E-state index contributed by atoms with van der Waals surface area (Å²) in [5, 5.41) is 20.5. The number of aliphatic carboxylic acids is 1. The van der Waals surface area contributed by atoms with Crippen LogP contribution in [0.2, 0.25) is 5.02 Å². The molecule has 2 aromatic heterocycles. The Morgan fingerprint density at radius 1 is 1.31 bits per heavy atom. The largest absolute Gasteiger partial charge is 0.480 e. The molecule has 1 aromatic carbocycles. The number of halogens is 1. The van der Waals surface area contributed by atoms with Crippen LogP contribution < -0.4 is 5.32 Å². The van der Waals surface area contributed by atoms with Gasteiger partial charge in [-0.3, -0.25) is 14.2 Å². The number of rotatable bonds is 6. The molecule has 2 N–H and O–H groups in total. The van der Waals surface area contributed by atoms with Gasteiger partial charge in [0.05, 0.1) is 18.4 Å². The first-order valence-corrected chi connectivity index (χ1v) is 8.17. The first-order chi connectivity index (χ1) is 12.4. The highest BCUT2D eigenvalue weighted by Crippen LogP contribution is 2.17. The molecule has 2 heterocycles. The van der Waals surface area contributed by atoms with E-state index in [1.807, 2.05) is 18.2 Å². The van der Waals surface area contributed by atoms with Crippen LogP contribution in [0.4, 0.5) is 5.69 Å². The maximum Gasteiger partial charge on any atom is 0.328 e. The van der Waals surface area contributed by atoms with Crippen molar-refractivity contribution in [3.63, 3.8) is 0 Å². The highest BCUT2D eigenvalue weighted by molar-refractivity contribution is 6.31. The van der Waals surface area contributed by atoms with E-state index in [0.717, 1.165) is 5.56 Å². The van der Waals surface area contributed by atoms with E-state index in [2.05, 4.69) is 15.5 Å². The normalized spacial score (nSPS) is 11.9. The number of amides is 1. The predicted molar refractivity (Wildman–Crippen MR) is 95.3 cm³/mol. The lowest BCUT2D eigenvalue weighted by molar-refractivity contribution is -0.140. The smallest absolute Gasteiger partial charge is 0.328 e. The van der Waals surface area contributed by atoms with Gasteiger partial charge in [-0.05, 0) is 24.6 Å². The van der Waals surface area contributed by atoms with Gasteiger partial charge in [-0.2, -0.15) is 10.2 Å². The number of carboxylic acid groups (broad SMARTS) is 1. The third-order valence-electron chi connectivity index (χ3n) is 3.78. The van der Waals surface area contributed by atoms with Crippen LogP contribution in [0.3, 0.4) is 0 Å². The van der Waals surface area contributed by atoms with Crippen molar-refractivity contribution >= 4 is 29.2 Å². The van der Waals surface area contributed by atoms with Crippen LogP contribution in [0.5, 0.6) is 0 Å². The molecule has 0 aliphatic rings. The molecule has 0 spiro atoms. The second kappa shape index (κ2) is 7.40. The van der Waals surface area contributed by atoms with Gasteiger partial charge in [0.2, 0.25) is 0 Å². The van der Waals surface area contributed by atoms with Gasteiger partial charge in [0.1, 0.15) is 6.04 Å². The lowest BCUT2D eigenvalue weighted by atomic mass is 10.2. The standard InChI is InChI=1S/C17H16ClN5O3/c1-11(17(25)26)23-7-6-15(21-23)16(24)20-13-8-19-22(10-13)9-12-4-2-3-5-14(12)18/h2-8,10-11H,9H2,1H3,(H,20,24)(H,25,26). The lowest BCUT2D eigenvalue weighted by Gasteiger charge is -2.05. The number of anilines is 1. The molecule has 9 heteroatoms. The van der Waals surface area contributed by atoms with Crippen LogP contribution in [0.25, 0.3) is 0 Å². The van der Waals surface area contributed by atoms with Crippen molar-refractivity contribution in [2.75, 3.05) is 5.32 Å². The van der Waals surface area contributed by atoms with E-state index in [0.29, 0.717) is 17.3 Å². The molecule has 1 unspecified atom stereocenters. The van der Waals surface area contributed by atoms with Gasteiger partial charge in [-0.1, -0.05) is 29.8 Å². The van der Waals surface area contributed by atoms with Crippen LogP contribution in [-0.2, 0) is 11.3 Å². The second-order valence-electron chi connectivity index (χ2n) is 5.67. The van der Waals surface area contributed by atoms with Crippen molar-refractivity contribution in [1.82, 2.24) is 19.6 Å². The molecule has 26 heavy (non-hydrogen) atoms. The van der Waals surface area contributed by atoms with Gasteiger partial charge in [0, 0.05) is 17.4 Å². The Morgan fingerprint density at radius 2 is 2.08 bits per heavy atom. The van der Waals surface area contributed by atoms with Crippen LogP contribution >= 0.6 is 11.6 Å². The zero-order valence-corrected chi connectivity index (χ0v) is 14.6. The van der Waals surface area contributed by atoms with Crippen LogP contribution in [0.15, 0.2) is 48.9 Å². The fourth-order valence-corrected chi connectivity index (χ4v) is 2.49. The van der Waals surface area contributed by atoms with Gasteiger partial charge in [-0.25, -0.2) is 4.79 Å². The first kappa shape index (κ1) is 17.7. The van der Waals surface area contributed by atoms with Crippen molar-refractivity contribution in [2.24, 2.45) is 0 Å². The van der Waals surface area contributed by atoms with Crippen molar-refractivity contribution in [3.05, 3.63) is 65.2 Å². The molecule has 1 amide bonds. The summed E-state index contributed by atoms with van der Waals surface area (Å²) in [6.45, 7) is 1.95. The summed E-state index contributed by atoms with van der Waals surface area (Å²) in [6, 6.07) is 8.06. The van der Waals surface area contributed by atoms with E-state index in [1.165, 1.54) is 30.1 Å². The van der Waals surface area contributed by atoms with Crippen LogP contribution in [-0.4, -0.2) is 36.5 Å². The van der Waals surface area contributed by atoms with Crippen molar-refractivity contribution in [2.45, 2.75) is 19.5 Å². The molecule has 0 aliphatic heterocycles. The molecule has 0 radical (unpaired) electrons. The Hall–Kier alpha value is -3.13. The van der Waals surface area contributed by atoms with Gasteiger partial charge in [0.15, 0.2) is 5.69 Å². The summed E-state index contributed by atoms with van der Waals surface area (Å²) in [6.07, 6.45) is 4.65. The van der Waals surface area contributed by atoms with E-state index in [4.69, 9.17) is 16.7 Å².